The maximum absolute atomic E-state index is 13.4. The molecule has 0 aliphatic rings. The fourth-order valence-electron chi connectivity index (χ4n) is 1.46. The van der Waals surface area contributed by atoms with E-state index in [1.807, 2.05) is 0 Å². The molecular weight excluding hydrogens is 254 g/mol. The Bertz CT molecular complexity index is 435. The highest BCUT2D eigenvalue weighted by Gasteiger charge is 2.18. The molecule has 94 valence electrons. The van der Waals surface area contributed by atoms with Crippen molar-refractivity contribution in [1.82, 2.24) is 0 Å². The largest absolute Gasteiger partial charge is 0.493 e. The van der Waals surface area contributed by atoms with E-state index in [0.29, 0.717) is 12.0 Å². The lowest BCUT2D eigenvalue weighted by Crippen LogP contribution is -2.01. The van der Waals surface area contributed by atoms with Crippen molar-refractivity contribution < 1.29 is 23.4 Å². The molecule has 1 N–H and O–H groups in total. The van der Waals surface area contributed by atoms with Gasteiger partial charge in [0.1, 0.15) is 0 Å². The van der Waals surface area contributed by atoms with Crippen LogP contribution in [0.4, 0.5) is 8.78 Å². The first-order valence-electron chi connectivity index (χ1n) is 4.89. The molecule has 0 spiro atoms. The van der Waals surface area contributed by atoms with Crippen LogP contribution in [-0.2, 0) is 11.2 Å². The minimum atomic E-state index is -1.16. The first-order chi connectivity index (χ1) is 7.97. The fourth-order valence-corrected chi connectivity index (χ4v) is 1.68. The highest BCUT2D eigenvalue weighted by molar-refractivity contribution is 6.30. The minimum absolute atomic E-state index is 0.0558. The molecule has 0 saturated carbocycles. The molecule has 6 heteroatoms. The summed E-state index contributed by atoms with van der Waals surface area (Å²) in [7, 11) is 1.21. The average molecular weight is 265 g/mol. The van der Waals surface area contributed by atoms with Gasteiger partial charge in [-0.15, -0.1) is 0 Å². The SMILES string of the molecule is COc1c(CCCC(=O)O)cc(Cl)c(F)c1F. The van der Waals surface area contributed by atoms with Crippen molar-refractivity contribution in [3.8, 4) is 5.75 Å². The van der Waals surface area contributed by atoms with Crippen molar-refractivity contribution in [2.75, 3.05) is 7.11 Å². The molecule has 0 aliphatic heterocycles. The summed E-state index contributed by atoms with van der Waals surface area (Å²) in [5.74, 6) is -3.48. The number of carbonyl (C=O) groups is 1. The highest BCUT2D eigenvalue weighted by atomic mass is 35.5. The normalized spacial score (nSPS) is 10.4. The number of aryl methyl sites for hydroxylation is 1. The van der Waals surface area contributed by atoms with Crippen molar-refractivity contribution in [2.24, 2.45) is 0 Å². The topological polar surface area (TPSA) is 46.5 Å². The van der Waals surface area contributed by atoms with Crippen molar-refractivity contribution in [1.29, 1.82) is 0 Å². The molecule has 0 saturated heterocycles. The Morgan fingerprint density at radius 2 is 2.12 bits per heavy atom. The minimum Gasteiger partial charge on any atom is -0.493 e. The summed E-state index contributed by atoms with van der Waals surface area (Å²) in [6.07, 6.45) is 0.499. The lowest BCUT2D eigenvalue weighted by atomic mass is 10.1. The van der Waals surface area contributed by atoms with Crippen molar-refractivity contribution >= 4 is 17.6 Å². The summed E-state index contributed by atoms with van der Waals surface area (Å²) in [4.78, 5) is 10.3. The van der Waals surface area contributed by atoms with Gasteiger partial charge in [-0.25, -0.2) is 4.39 Å². The van der Waals surface area contributed by atoms with Crippen molar-refractivity contribution in [2.45, 2.75) is 19.3 Å². The molecule has 1 aromatic rings. The van der Waals surface area contributed by atoms with Gasteiger partial charge in [-0.05, 0) is 24.5 Å². The Kier molecular flexibility index (Phi) is 4.69. The van der Waals surface area contributed by atoms with Crippen LogP contribution < -0.4 is 4.74 Å². The van der Waals surface area contributed by atoms with Gasteiger partial charge in [0.05, 0.1) is 12.1 Å². The summed E-state index contributed by atoms with van der Waals surface area (Å²) >= 11 is 5.50. The zero-order valence-electron chi connectivity index (χ0n) is 9.10. The molecule has 1 aromatic carbocycles. The first kappa shape index (κ1) is 13.7. The van der Waals surface area contributed by atoms with Gasteiger partial charge < -0.3 is 9.84 Å². The predicted molar refractivity (Wildman–Crippen MR) is 58.5 cm³/mol. The summed E-state index contributed by atoms with van der Waals surface area (Å²) in [5, 5.41) is 8.14. The quantitative estimate of drug-likeness (QED) is 0.832. The Hall–Kier alpha value is -1.36. The Morgan fingerprint density at radius 3 is 2.65 bits per heavy atom. The maximum Gasteiger partial charge on any atom is 0.303 e. The van der Waals surface area contributed by atoms with Gasteiger partial charge in [0.15, 0.2) is 11.6 Å². The van der Waals surface area contributed by atoms with Crippen LogP contribution >= 0.6 is 11.6 Å². The third-order valence-corrected chi connectivity index (χ3v) is 2.51. The van der Waals surface area contributed by atoms with Crippen LogP contribution in [0.25, 0.3) is 0 Å². The molecule has 0 amide bonds. The lowest BCUT2D eigenvalue weighted by Gasteiger charge is -2.10. The first-order valence-corrected chi connectivity index (χ1v) is 5.27. The van der Waals surface area contributed by atoms with E-state index in [-0.39, 0.29) is 23.6 Å². The number of halogens is 3. The highest BCUT2D eigenvalue weighted by Crippen LogP contribution is 2.31. The maximum atomic E-state index is 13.4. The van der Waals surface area contributed by atoms with Crippen molar-refractivity contribution in [3.63, 3.8) is 0 Å². The van der Waals surface area contributed by atoms with Gasteiger partial charge in [0.2, 0.25) is 5.82 Å². The third-order valence-electron chi connectivity index (χ3n) is 2.24. The molecular formula is C11H11ClF2O3. The summed E-state index contributed by atoms with van der Waals surface area (Å²) in [5.41, 5.74) is 0.359. The van der Waals surface area contributed by atoms with E-state index >= 15 is 0 Å². The Balaban J connectivity index is 2.94. The van der Waals surface area contributed by atoms with Gasteiger partial charge in [-0.1, -0.05) is 11.6 Å². The smallest absolute Gasteiger partial charge is 0.303 e. The van der Waals surface area contributed by atoms with Crippen LogP contribution in [0.15, 0.2) is 6.07 Å². The molecule has 0 heterocycles. The number of carboxylic acid groups (broad SMARTS) is 1. The Morgan fingerprint density at radius 1 is 1.47 bits per heavy atom. The number of hydrogen-bond acceptors (Lipinski definition) is 2. The van der Waals surface area contributed by atoms with E-state index < -0.39 is 17.6 Å². The molecule has 1 rings (SSSR count). The van der Waals surface area contributed by atoms with E-state index in [1.165, 1.54) is 13.2 Å². The fraction of sp³-hybridized carbons (Fsp3) is 0.364. The van der Waals surface area contributed by atoms with Gasteiger partial charge in [-0.2, -0.15) is 4.39 Å². The van der Waals surface area contributed by atoms with E-state index in [2.05, 4.69) is 0 Å². The van der Waals surface area contributed by atoms with Crippen LogP contribution in [-0.4, -0.2) is 18.2 Å². The molecule has 3 nitrogen and oxygen atoms in total. The number of benzene rings is 1. The number of aliphatic carboxylic acids is 1. The molecule has 0 unspecified atom stereocenters. The van der Waals surface area contributed by atoms with Gasteiger partial charge in [-0.3, -0.25) is 4.79 Å². The molecule has 0 fully saturated rings. The van der Waals surface area contributed by atoms with E-state index in [4.69, 9.17) is 21.4 Å². The van der Waals surface area contributed by atoms with E-state index in [1.54, 1.807) is 0 Å². The zero-order chi connectivity index (χ0) is 13.0. The molecule has 0 aromatic heterocycles. The number of rotatable bonds is 5. The standard InChI is InChI=1S/C11H11ClF2O3/c1-17-11-6(3-2-4-8(15)16)5-7(12)9(13)10(11)14/h5H,2-4H2,1H3,(H,15,16). The Labute approximate surface area is 102 Å². The van der Waals surface area contributed by atoms with E-state index in [9.17, 15) is 13.6 Å². The van der Waals surface area contributed by atoms with Crippen molar-refractivity contribution in [3.05, 3.63) is 28.3 Å². The third kappa shape index (κ3) is 3.30. The summed E-state index contributed by atoms with van der Waals surface area (Å²) < 4.78 is 31.3. The molecule has 17 heavy (non-hydrogen) atoms. The molecule has 0 bridgehead atoms. The lowest BCUT2D eigenvalue weighted by molar-refractivity contribution is -0.137. The van der Waals surface area contributed by atoms with Crippen LogP contribution in [0.3, 0.4) is 0 Å². The second kappa shape index (κ2) is 5.82. The average Bonchev–Trinajstić information content (AvgIpc) is 2.26. The number of hydrogen-bond donors (Lipinski definition) is 1. The zero-order valence-corrected chi connectivity index (χ0v) is 9.85. The number of methoxy groups -OCH3 is 1. The number of ether oxygens (including phenoxy) is 1. The second-order valence-corrected chi connectivity index (χ2v) is 3.83. The van der Waals surface area contributed by atoms with Crippen LogP contribution in [0.2, 0.25) is 5.02 Å². The van der Waals surface area contributed by atoms with Gasteiger partial charge in [0, 0.05) is 6.42 Å². The van der Waals surface area contributed by atoms with Crippen LogP contribution in [0, 0.1) is 11.6 Å². The van der Waals surface area contributed by atoms with Gasteiger partial charge in [0.25, 0.3) is 0 Å². The van der Waals surface area contributed by atoms with Crippen LogP contribution in [0.5, 0.6) is 5.75 Å². The van der Waals surface area contributed by atoms with Crippen LogP contribution in [0.1, 0.15) is 18.4 Å². The molecule has 0 radical (unpaired) electrons. The molecule has 0 atom stereocenters. The second-order valence-electron chi connectivity index (χ2n) is 3.43. The summed E-state index contributed by atoms with van der Waals surface area (Å²) in [6, 6.07) is 1.25. The van der Waals surface area contributed by atoms with Gasteiger partial charge >= 0.3 is 5.97 Å². The van der Waals surface area contributed by atoms with E-state index in [0.717, 1.165) is 0 Å². The number of carboxylic acids is 1. The summed E-state index contributed by atoms with van der Waals surface area (Å²) in [6.45, 7) is 0. The molecule has 0 aliphatic carbocycles. The predicted octanol–water partition coefficient (Wildman–Crippen LogP) is 3.03. The monoisotopic (exact) mass is 264 g/mol.